The third-order valence-electron chi connectivity index (χ3n) is 1.38. The topological polar surface area (TPSA) is 35.5 Å². The summed E-state index contributed by atoms with van der Waals surface area (Å²) in [5.74, 6) is 4.74. The molecule has 0 saturated carbocycles. The fraction of sp³-hybridized carbons (Fsp3) is 0.800. The van der Waals surface area contributed by atoms with Gasteiger partial charge in [0.25, 0.3) is 0 Å². The summed E-state index contributed by atoms with van der Waals surface area (Å²) >= 11 is 3.23. The van der Waals surface area contributed by atoms with Crippen molar-refractivity contribution in [2.45, 2.75) is 27.7 Å². The molecule has 0 aliphatic heterocycles. The van der Waals surface area contributed by atoms with E-state index in [0.717, 1.165) is 15.7 Å². The van der Waals surface area contributed by atoms with E-state index in [1.165, 1.54) is 0 Å². The van der Waals surface area contributed by atoms with E-state index in [1.54, 1.807) is 37.4 Å². The Hall–Kier alpha value is 1.19. The van der Waals surface area contributed by atoms with Gasteiger partial charge in [0.2, 0.25) is 0 Å². The molecule has 3 nitrogen and oxygen atoms in total. The maximum absolute atomic E-state index is 12.2. The van der Waals surface area contributed by atoms with E-state index in [4.69, 9.17) is 9.05 Å². The van der Waals surface area contributed by atoms with Gasteiger partial charge in [-0.15, -0.1) is 4.24 Å². The second-order valence-corrected chi connectivity index (χ2v) is 7.14. The quantitative estimate of drug-likeness (QED) is 0.364. The van der Waals surface area contributed by atoms with E-state index in [1.807, 2.05) is 0 Å². The van der Waals surface area contributed by atoms with E-state index in [2.05, 4.69) is 19.7 Å². The summed E-state index contributed by atoms with van der Waals surface area (Å²) in [5.41, 5.74) is 0. The van der Waals surface area contributed by atoms with Crippen LogP contribution in [0.5, 0.6) is 0 Å². The third-order valence-corrected chi connectivity index (χ3v) is 5.39. The Morgan fingerprint density at radius 1 is 1.06 bits per heavy atom. The molecule has 0 N–H and O–H groups in total. The molecule has 0 aliphatic carbocycles. The zero-order valence-electron chi connectivity index (χ0n) is 11.3. The number of hydrogen-bond donors (Lipinski definition) is 0. The van der Waals surface area contributed by atoms with E-state index >= 15 is 0 Å². The molecule has 7 heteroatoms. The Labute approximate surface area is 126 Å². The Morgan fingerprint density at radius 2 is 1.47 bits per heavy atom. The SMILES string of the molecule is CCOP(=O)([C-]=C(SCC)SCC)OCC.[Li+]. The fourth-order valence-corrected chi connectivity index (χ4v) is 4.78. The largest absolute Gasteiger partial charge is 1.00 e. The first kappa shape index (κ1) is 20.5. The molecule has 0 saturated heterocycles. The second kappa shape index (κ2) is 12.2. The van der Waals surface area contributed by atoms with Crippen LogP contribution in [0.4, 0.5) is 0 Å². The molecular weight excluding hydrogens is 270 g/mol. The first-order chi connectivity index (χ1) is 7.61. The van der Waals surface area contributed by atoms with E-state index in [9.17, 15) is 4.57 Å². The van der Waals surface area contributed by atoms with Crippen molar-refractivity contribution in [1.29, 1.82) is 0 Å². The molecule has 0 spiro atoms. The first-order valence-electron chi connectivity index (χ1n) is 5.41. The van der Waals surface area contributed by atoms with Crippen molar-refractivity contribution in [1.82, 2.24) is 0 Å². The number of thioether (sulfide) groups is 2. The van der Waals surface area contributed by atoms with Crippen LogP contribution in [0.15, 0.2) is 4.24 Å². The molecule has 96 valence electrons. The van der Waals surface area contributed by atoms with Crippen LogP contribution in [0.25, 0.3) is 0 Å². The monoisotopic (exact) mass is 290 g/mol. The van der Waals surface area contributed by atoms with Crippen LogP contribution in [0.3, 0.4) is 0 Å². The summed E-state index contributed by atoms with van der Waals surface area (Å²) < 4.78 is 23.4. The third kappa shape index (κ3) is 9.73. The summed E-state index contributed by atoms with van der Waals surface area (Å²) in [6.45, 7) is 8.43. The number of hydrogen-bond acceptors (Lipinski definition) is 5. The smallest absolute Gasteiger partial charge is 0.350 e. The van der Waals surface area contributed by atoms with Gasteiger partial charge in [0, 0.05) is 0 Å². The van der Waals surface area contributed by atoms with Crippen molar-refractivity contribution in [3.05, 3.63) is 10.1 Å². The van der Waals surface area contributed by atoms with Gasteiger partial charge in [0.05, 0.1) is 13.2 Å². The van der Waals surface area contributed by atoms with Crippen molar-refractivity contribution in [3.63, 3.8) is 0 Å². The minimum atomic E-state index is -3.16. The van der Waals surface area contributed by atoms with E-state index in [-0.39, 0.29) is 18.9 Å². The Bertz CT molecular complexity index is 244. The van der Waals surface area contributed by atoms with Crippen molar-refractivity contribution in [3.8, 4) is 0 Å². The van der Waals surface area contributed by atoms with Gasteiger partial charge in [-0.1, -0.05) is 13.8 Å². The maximum atomic E-state index is 12.2. The molecule has 0 aliphatic rings. The van der Waals surface area contributed by atoms with Gasteiger partial charge >= 0.3 is 18.9 Å². The molecule has 0 aromatic carbocycles. The van der Waals surface area contributed by atoms with Crippen LogP contribution in [-0.2, 0) is 13.6 Å². The average Bonchev–Trinajstić information content (AvgIpc) is 2.18. The molecule has 0 atom stereocenters. The molecule has 0 heterocycles. The minimum absolute atomic E-state index is 0. The molecule has 0 amide bonds. The summed E-state index contributed by atoms with van der Waals surface area (Å²) in [5, 5.41) is 0. The predicted octanol–water partition coefficient (Wildman–Crippen LogP) is 1.36. The Kier molecular flexibility index (Phi) is 14.8. The molecule has 0 fully saturated rings. The average molecular weight is 290 g/mol. The van der Waals surface area contributed by atoms with Crippen LogP contribution in [0, 0.1) is 5.82 Å². The molecule has 0 unspecified atom stereocenters. The molecule has 0 radical (unpaired) electrons. The van der Waals surface area contributed by atoms with Gasteiger partial charge < -0.3 is 14.9 Å². The fourth-order valence-electron chi connectivity index (χ4n) is 0.922. The molecular formula is C10H20LiO3PS2. The Balaban J connectivity index is 0. The van der Waals surface area contributed by atoms with Crippen molar-refractivity contribution in [2.24, 2.45) is 0 Å². The molecule has 0 aromatic heterocycles. The van der Waals surface area contributed by atoms with Gasteiger partial charge in [-0.25, -0.2) is 0 Å². The number of rotatable bonds is 9. The van der Waals surface area contributed by atoms with E-state index < -0.39 is 7.60 Å². The van der Waals surface area contributed by atoms with Gasteiger partial charge in [0.1, 0.15) is 0 Å². The van der Waals surface area contributed by atoms with Crippen molar-refractivity contribution in [2.75, 3.05) is 24.7 Å². The van der Waals surface area contributed by atoms with Gasteiger partial charge in [0.15, 0.2) is 7.60 Å². The normalized spacial score (nSPS) is 10.8. The predicted molar refractivity (Wildman–Crippen MR) is 73.9 cm³/mol. The Morgan fingerprint density at radius 3 is 1.76 bits per heavy atom. The second-order valence-electron chi connectivity index (χ2n) is 2.60. The van der Waals surface area contributed by atoms with Crippen LogP contribution < -0.4 is 18.9 Å². The minimum Gasteiger partial charge on any atom is -0.350 e. The van der Waals surface area contributed by atoms with Crippen molar-refractivity contribution >= 4 is 31.1 Å². The maximum Gasteiger partial charge on any atom is 1.00 e. The summed E-state index contributed by atoms with van der Waals surface area (Å²) in [4.78, 5) is 0. The van der Waals surface area contributed by atoms with Crippen LogP contribution in [0.2, 0.25) is 0 Å². The standard InChI is InChI=1S/C10H20O3PS2.Li/c1-5-12-14(11,13-6-2)9-10(15-7-3)16-8-4;/h5-8H2,1-4H3;/q-1;+1. The van der Waals surface area contributed by atoms with Gasteiger partial charge in [-0.2, -0.15) is 23.5 Å². The van der Waals surface area contributed by atoms with Crippen LogP contribution in [0.1, 0.15) is 27.7 Å². The summed E-state index contributed by atoms with van der Waals surface area (Å²) in [6.07, 6.45) is 0. The molecule has 17 heavy (non-hydrogen) atoms. The van der Waals surface area contributed by atoms with E-state index in [0.29, 0.717) is 13.2 Å². The van der Waals surface area contributed by atoms with Gasteiger partial charge in [-0.3, -0.25) is 4.57 Å². The summed E-state index contributed by atoms with van der Waals surface area (Å²) in [7, 11) is -3.16. The van der Waals surface area contributed by atoms with Crippen LogP contribution >= 0.6 is 31.1 Å². The molecule has 0 aromatic rings. The first-order valence-corrected chi connectivity index (χ1v) is 8.93. The molecule has 0 bridgehead atoms. The summed E-state index contributed by atoms with van der Waals surface area (Å²) in [6, 6.07) is 0. The molecule has 0 rings (SSSR count). The zero-order valence-corrected chi connectivity index (χ0v) is 13.8. The van der Waals surface area contributed by atoms with Crippen LogP contribution in [-0.4, -0.2) is 24.7 Å². The van der Waals surface area contributed by atoms with Crippen molar-refractivity contribution < 1.29 is 32.5 Å². The van der Waals surface area contributed by atoms with Gasteiger partial charge in [-0.05, 0) is 25.4 Å². The zero-order chi connectivity index (χ0) is 12.4.